The molecule has 1 fully saturated rings. The number of likely N-dealkylation sites (N-methyl/N-ethyl adjacent to an activating group) is 1. The second kappa shape index (κ2) is 10.7. The summed E-state index contributed by atoms with van der Waals surface area (Å²) in [7, 11) is -2.03. The topological polar surface area (TPSA) is 99.2 Å². The van der Waals surface area contributed by atoms with Crippen LogP contribution >= 0.6 is 0 Å². The first kappa shape index (κ1) is 26.4. The van der Waals surface area contributed by atoms with Crippen molar-refractivity contribution in [2.24, 2.45) is 11.8 Å². The Morgan fingerprint density at radius 3 is 2.53 bits per heavy atom. The first-order valence-corrected chi connectivity index (χ1v) is 13.8. The number of ether oxygens (including phenoxy) is 1. The lowest BCUT2D eigenvalue weighted by atomic mass is 9.99. The van der Waals surface area contributed by atoms with Gasteiger partial charge in [0.25, 0.3) is 15.9 Å². The molecule has 10 heteroatoms. The standard InChI is InChI=1S/C26H34FN3O5S/c1-17-13-30(18(2)16-31)26(32)22-5-4-6-23(28-36(33,34)21-11-9-20(27)10-12-21)25(22)35-24(17)15-29(3)14-19-7-8-19/h4-6,9-12,17-19,24,28,31H,7-8,13-16H2,1-3H3/t17-,18-,24+/m1/s1. The monoisotopic (exact) mass is 519 g/mol. The molecule has 0 bridgehead atoms. The van der Waals surface area contributed by atoms with Gasteiger partial charge in [-0.1, -0.05) is 13.0 Å². The molecule has 8 nitrogen and oxygen atoms in total. The molecule has 0 aromatic heterocycles. The molecule has 4 rings (SSSR count). The van der Waals surface area contributed by atoms with Crippen molar-refractivity contribution in [3.63, 3.8) is 0 Å². The molecular weight excluding hydrogens is 485 g/mol. The van der Waals surface area contributed by atoms with Crippen LogP contribution in [0.2, 0.25) is 0 Å². The van der Waals surface area contributed by atoms with Crippen LogP contribution in [0.3, 0.4) is 0 Å². The summed E-state index contributed by atoms with van der Waals surface area (Å²) in [6, 6.07) is 8.82. The van der Waals surface area contributed by atoms with Gasteiger partial charge < -0.3 is 19.6 Å². The van der Waals surface area contributed by atoms with Crippen molar-refractivity contribution in [1.82, 2.24) is 9.80 Å². The number of fused-ring (bicyclic) bond motifs is 1. The number of sulfonamides is 1. The molecule has 0 spiro atoms. The largest absolute Gasteiger partial charge is 0.486 e. The molecule has 1 amide bonds. The van der Waals surface area contributed by atoms with Gasteiger partial charge in [0.2, 0.25) is 0 Å². The van der Waals surface area contributed by atoms with E-state index in [4.69, 9.17) is 4.74 Å². The molecule has 196 valence electrons. The van der Waals surface area contributed by atoms with Gasteiger partial charge in [0.05, 0.1) is 28.8 Å². The quantitative estimate of drug-likeness (QED) is 0.528. The van der Waals surface area contributed by atoms with Crippen molar-refractivity contribution in [3.8, 4) is 5.75 Å². The molecule has 36 heavy (non-hydrogen) atoms. The average Bonchev–Trinajstić information content (AvgIpc) is 3.65. The number of nitrogens with zero attached hydrogens (tertiary/aromatic N) is 2. The SMILES string of the molecule is C[C@@H]1CN([C@H](C)CO)C(=O)c2cccc(NS(=O)(=O)c3ccc(F)cc3)c2O[C@H]1CN(C)CC1CC1. The Hall–Kier alpha value is -2.69. The minimum absolute atomic E-state index is 0.0838. The van der Waals surface area contributed by atoms with E-state index in [1.807, 2.05) is 14.0 Å². The number of rotatable bonds is 9. The second-order valence-corrected chi connectivity index (χ2v) is 11.7. The summed E-state index contributed by atoms with van der Waals surface area (Å²) in [5.41, 5.74) is 0.349. The van der Waals surface area contributed by atoms with Gasteiger partial charge in [-0.2, -0.15) is 0 Å². The van der Waals surface area contributed by atoms with E-state index in [0.717, 1.165) is 18.7 Å². The van der Waals surface area contributed by atoms with E-state index < -0.39 is 21.9 Å². The average molecular weight is 520 g/mol. The summed E-state index contributed by atoms with van der Waals surface area (Å²) in [5.74, 6) is -0.125. The Kier molecular flexibility index (Phi) is 7.87. The fraction of sp³-hybridized carbons (Fsp3) is 0.500. The molecule has 1 saturated carbocycles. The molecule has 1 aliphatic carbocycles. The third kappa shape index (κ3) is 5.99. The van der Waals surface area contributed by atoms with Crippen LogP contribution < -0.4 is 9.46 Å². The van der Waals surface area contributed by atoms with Crippen LogP contribution in [0.1, 0.15) is 37.0 Å². The number of carbonyl (C=O) groups is 1. The maximum atomic E-state index is 13.5. The van der Waals surface area contributed by atoms with Crippen molar-refractivity contribution >= 4 is 21.6 Å². The first-order valence-electron chi connectivity index (χ1n) is 12.3. The number of carbonyl (C=O) groups excluding carboxylic acids is 1. The molecule has 1 heterocycles. The number of halogens is 1. The third-order valence-corrected chi connectivity index (χ3v) is 8.20. The number of hydrogen-bond acceptors (Lipinski definition) is 6. The number of aliphatic hydroxyl groups excluding tert-OH is 1. The van der Waals surface area contributed by atoms with Crippen LogP contribution in [0.5, 0.6) is 5.75 Å². The van der Waals surface area contributed by atoms with Gasteiger partial charge >= 0.3 is 0 Å². The third-order valence-electron chi connectivity index (χ3n) is 6.82. The number of anilines is 1. The summed E-state index contributed by atoms with van der Waals surface area (Å²) >= 11 is 0. The maximum Gasteiger partial charge on any atom is 0.262 e. The zero-order valence-electron chi connectivity index (χ0n) is 20.9. The Morgan fingerprint density at radius 2 is 1.89 bits per heavy atom. The van der Waals surface area contributed by atoms with Crippen LogP contribution in [-0.4, -0.2) is 74.7 Å². The van der Waals surface area contributed by atoms with Crippen LogP contribution in [0, 0.1) is 17.7 Å². The molecular formula is C26H34FN3O5S. The van der Waals surface area contributed by atoms with Crippen molar-refractivity contribution in [2.45, 2.75) is 43.7 Å². The summed E-state index contributed by atoms with van der Waals surface area (Å²) in [6.45, 7) is 5.53. The highest BCUT2D eigenvalue weighted by molar-refractivity contribution is 7.92. The predicted octanol–water partition coefficient (Wildman–Crippen LogP) is 3.19. The van der Waals surface area contributed by atoms with Gasteiger partial charge in [0.15, 0.2) is 5.75 Å². The summed E-state index contributed by atoms with van der Waals surface area (Å²) in [5, 5.41) is 9.82. The second-order valence-electron chi connectivity index (χ2n) is 10.0. The zero-order chi connectivity index (χ0) is 26.0. The van der Waals surface area contributed by atoms with E-state index in [-0.39, 0.29) is 46.4 Å². The Morgan fingerprint density at radius 1 is 1.19 bits per heavy atom. The van der Waals surface area contributed by atoms with E-state index >= 15 is 0 Å². The van der Waals surface area contributed by atoms with Crippen LogP contribution in [0.15, 0.2) is 47.4 Å². The van der Waals surface area contributed by atoms with Gasteiger partial charge in [-0.25, -0.2) is 12.8 Å². The highest BCUT2D eigenvalue weighted by Gasteiger charge is 2.35. The number of para-hydroxylation sites is 1. The van der Waals surface area contributed by atoms with Gasteiger partial charge in [0.1, 0.15) is 11.9 Å². The lowest BCUT2D eigenvalue weighted by molar-refractivity contribution is 0.0346. The van der Waals surface area contributed by atoms with Crippen molar-refractivity contribution in [1.29, 1.82) is 0 Å². The fourth-order valence-electron chi connectivity index (χ4n) is 4.48. The van der Waals surface area contributed by atoms with E-state index in [1.54, 1.807) is 30.0 Å². The first-order chi connectivity index (χ1) is 17.1. The van der Waals surface area contributed by atoms with Crippen molar-refractivity contribution in [3.05, 3.63) is 53.8 Å². The molecule has 1 aliphatic heterocycles. The van der Waals surface area contributed by atoms with E-state index in [2.05, 4.69) is 9.62 Å². The van der Waals surface area contributed by atoms with E-state index in [1.165, 1.54) is 25.0 Å². The molecule has 0 unspecified atom stereocenters. The van der Waals surface area contributed by atoms with Crippen LogP contribution in [0.25, 0.3) is 0 Å². The zero-order valence-corrected chi connectivity index (χ0v) is 21.7. The molecule has 2 aromatic carbocycles. The van der Waals surface area contributed by atoms with Gasteiger partial charge in [0, 0.05) is 25.6 Å². The van der Waals surface area contributed by atoms with Crippen LogP contribution in [-0.2, 0) is 10.0 Å². The maximum absolute atomic E-state index is 13.5. The van der Waals surface area contributed by atoms with E-state index in [9.17, 15) is 22.7 Å². The normalized spacial score (nSPS) is 21.4. The molecule has 0 radical (unpaired) electrons. The Bertz CT molecular complexity index is 1190. The van der Waals surface area contributed by atoms with Crippen molar-refractivity contribution < 1.29 is 27.4 Å². The highest BCUT2D eigenvalue weighted by Crippen LogP contribution is 2.36. The number of aliphatic hydroxyl groups is 1. The lowest BCUT2D eigenvalue weighted by Gasteiger charge is -2.38. The lowest BCUT2D eigenvalue weighted by Crippen LogP contribution is -2.50. The number of nitrogens with one attached hydrogen (secondary N) is 1. The van der Waals surface area contributed by atoms with E-state index in [0.29, 0.717) is 19.0 Å². The summed E-state index contributed by atoms with van der Waals surface area (Å²) in [4.78, 5) is 17.3. The fourth-order valence-corrected chi connectivity index (χ4v) is 5.54. The molecule has 2 N–H and O–H groups in total. The molecule has 2 aliphatic rings. The molecule has 3 atom stereocenters. The Labute approximate surface area is 212 Å². The van der Waals surface area contributed by atoms with Crippen molar-refractivity contribution in [2.75, 3.05) is 38.0 Å². The Balaban J connectivity index is 1.72. The smallest absolute Gasteiger partial charge is 0.262 e. The minimum Gasteiger partial charge on any atom is -0.486 e. The molecule has 0 saturated heterocycles. The van der Waals surface area contributed by atoms with Gasteiger partial charge in [-0.05, 0) is 69.1 Å². The summed E-state index contributed by atoms with van der Waals surface area (Å²) < 4.78 is 48.5. The minimum atomic E-state index is -4.07. The van der Waals surface area contributed by atoms with Crippen LogP contribution in [0.4, 0.5) is 10.1 Å². The number of benzene rings is 2. The summed E-state index contributed by atoms with van der Waals surface area (Å²) in [6.07, 6.45) is 2.12. The number of amides is 1. The molecule has 2 aromatic rings. The van der Waals surface area contributed by atoms with Gasteiger partial charge in [-0.15, -0.1) is 0 Å². The number of hydrogen-bond donors (Lipinski definition) is 2. The highest BCUT2D eigenvalue weighted by atomic mass is 32.2. The van der Waals surface area contributed by atoms with Gasteiger partial charge in [-0.3, -0.25) is 9.52 Å². The predicted molar refractivity (Wildman–Crippen MR) is 135 cm³/mol.